The van der Waals surface area contributed by atoms with Gasteiger partial charge in [0.2, 0.25) is 0 Å². The van der Waals surface area contributed by atoms with Crippen LogP contribution in [0.25, 0.3) is 0 Å². The quantitative estimate of drug-likeness (QED) is 0.456. The SMILES string of the molecule is Br[Si-]123OCC[N+]1(CCO2)CCO3. The number of quaternary nitrogens is 1. The molecule has 0 aliphatic carbocycles. The number of halogens is 1. The molecule has 3 fully saturated rings. The van der Waals surface area contributed by atoms with Crippen LogP contribution < -0.4 is 0 Å². The van der Waals surface area contributed by atoms with Crippen LogP contribution in [0.5, 0.6) is 0 Å². The van der Waals surface area contributed by atoms with E-state index in [2.05, 4.69) is 15.3 Å². The third kappa shape index (κ3) is 0.613. The van der Waals surface area contributed by atoms with Gasteiger partial charge in [-0.25, -0.2) is 0 Å². The van der Waals surface area contributed by atoms with Crippen LogP contribution in [-0.2, 0) is 13.3 Å². The summed E-state index contributed by atoms with van der Waals surface area (Å²) in [7, 11) is 0. The van der Waals surface area contributed by atoms with Crippen molar-refractivity contribution >= 4 is 22.2 Å². The topological polar surface area (TPSA) is 27.7 Å². The molecule has 3 aliphatic heterocycles. The van der Waals surface area contributed by atoms with E-state index in [0.29, 0.717) is 0 Å². The van der Waals surface area contributed by atoms with E-state index < -0.39 is 6.86 Å². The first-order chi connectivity index (χ1) is 5.68. The maximum atomic E-state index is 5.76. The van der Waals surface area contributed by atoms with Gasteiger partial charge in [-0.05, 0) is 0 Å². The zero-order chi connectivity index (χ0) is 8.31. The van der Waals surface area contributed by atoms with Gasteiger partial charge >= 0.3 is 79.0 Å². The molecule has 0 spiro atoms. The standard InChI is InChI=1S/C6H12BrNO3Si/c7-12-8(1-4-9-12,2-5-10-12)3-6-11-12/h1-6H2. The Hall–Kier alpha value is 0.537. The van der Waals surface area contributed by atoms with Gasteiger partial charge in [-0.2, -0.15) is 0 Å². The summed E-state index contributed by atoms with van der Waals surface area (Å²) >= 11 is 3.66. The van der Waals surface area contributed by atoms with Crippen molar-refractivity contribution in [2.24, 2.45) is 0 Å². The van der Waals surface area contributed by atoms with Crippen LogP contribution in [0.4, 0.5) is 0 Å². The average Bonchev–Trinajstić information content (AvgIpc) is 2.43. The van der Waals surface area contributed by atoms with Crippen LogP contribution in [0, 0.1) is 0 Å². The predicted octanol–water partition coefficient (Wildman–Crippen LogP) is 0.175. The molecule has 12 heavy (non-hydrogen) atoms. The molecule has 70 valence electrons. The van der Waals surface area contributed by atoms with Gasteiger partial charge in [0.05, 0.1) is 0 Å². The molecule has 0 aromatic heterocycles. The van der Waals surface area contributed by atoms with Crippen molar-refractivity contribution in [3.8, 4) is 0 Å². The van der Waals surface area contributed by atoms with Crippen molar-refractivity contribution < 1.29 is 17.4 Å². The first kappa shape index (κ1) is 7.90. The molecule has 0 saturated carbocycles. The van der Waals surface area contributed by atoms with Gasteiger partial charge in [-0.15, -0.1) is 0 Å². The molecule has 6 heteroatoms. The van der Waals surface area contributed by atoms with Gasteiger partial charge in [-0.3, -0.25) is 0 Å². The predicted molar refractivity (Wildman–Crippen MR) is 47.4 cm³/mol. The molecule has 0 atom stereocenters. The second-order valence-electron chi connectivity index (χ2n) is 3.70. The van der Waals surface area contributed by atoms with E-state index in [1.807, 2.05) is 0 Å². The number of hydrogen-bond acceptors (Lipinski definition) is 3. The Bertz CT molecular complexity index is 217. The van der Waals surface area contributed by atoms with Crippen molar-refractivity contribution in [3.63, 3.8) is 0 Å². The molecule has 0 unspecified atom stereocenters. The van der Waals surface area contributed by atoms with Crippen molar-refractivity contribution in [1.82, 2.24) is 0 Å². The van der Waals surface area contributed by atoms with Crippen molar-refractivity contribution in [3.05, 3.63) is 0 Å². The van der Waals surface area contributed by atoms with Crippen LogP contribution in [-0.4, -0.2) is 50.5 Å². The fourth-order valence-corrected chi connectivity index (χ4v) is 9.33. The van der Waals surface area contributed by atoms with Crippen LogP contribution in [0.2, 0.25) is 0 Å². The summed E-state index contributed by atoms with van der Waals surface area (Å²) in [5, 5.41) is 0. The third-order valence-corrected chi connectivity index (χ3v) is 11.9. The monoisotopic (exact) mass is 253 g/mol. The molecule has 3 saturated heterocycles. The minimum atomic E-state index is -3.07. The van der Waals surface area contributed by atoms with E-state index in [0.717, 1.165) is 43.6 Å². The van der Waals surface area contributed by atoms with Gasteiger partial charge in [0.15, 0.2) is 0 Å². The molecular weight excluding hydrogens is 242 g/mol. The van der Waals surface area contributed by atoms with Gasteiger partial charge in [-0.1, -0.05) is 0 Å². The molecule has 0 aromatic carbocycles. The fourth-order valence-electron chi connectivity index (χ4n) is 2.57. The zero-order valence-electron chi connectivity index (χ0n) is 6.79. The first-order valence-electron chi connectivity index (χ1n) is 4.34. The molecule has 3 aliphatic rings. The van der Waals surface area contributed by atoms with Gasteiger partial charge in [0.1, 0.15) is 0 Å². The van der Waals surface area contributed by atoms with E-state index >= 15 is 0 Å². The summed E-state index contributed by atoms with van der Waals surface area (Å²) in [5.41, 5.74) is 0. The third-order valence-electron chi connectivity index (χ3n) is 3.34. The summed E-state index contributed by atoms with van der Waals surface area (Å²) in [4.78, 5) is 0. The molecule has 0 N–H and O–H groups in total. The van der Waals surface area contributed by atoms with Crippen LogP contribution in [0.15, 0.2) is 0 Å². The van der Waals surface area contributed by atoms with Crippen LogP contribution in [0.3, 0.4) is 0 Å². The van der Waals surface area contributed by atoms with Crippen LogP contribution in [0.1, 0.15) is 0 Å². The molecule has 3 heterocycles. The summed E-state index contributed by atoms with van der Waals surface area (Å²) in [6.07, 6.45) is 0. The Morgan fingerprint density at radius 1 is 0.917 bits per heavy atom. The van der Waals surface area contributed by atoms with Gasteiger partial charge < -0.3 is 0 Å². The second kappa shape index (κ2) is 1.96. The Morgan fingerprint density at radius 3 is 1.67 bits per heavy atom. The molecule has 4 nitrogen and oxygen atoms in total. The average molecular weight is 254 g/mol. The van der Waals surface area contributed by atoms with E-state index in [9.17, 15) is 0 Å². The summed E-state index contributed by atoms with van der Waals surface area (Å²) in [6.45, 7) is 2.43. The normalized spacial score (nSPS) is 50.9. The summed E-state index contributed by atoms with van der Waals surface area (Å²) in [6, 6.07) is 0. The first-order valence-corrected chi connectivity index (χ1v) is 8.77. The molecular formula is C6H12BrNO3Si. The van der Waals surface area contributed by atoms with E-state index in [4.69, 9.17) is 13.3 Å². The molecule has 0 amide bonds. The van der Waals surface area contributed by atoms with Crippen molar-refractivity contribution in [1.29, 1.82) is 0 Å². The number of hydrogen-bond donors (Lipinski definition) is 0. The summed E-state index contributed by atoms with van der Waals surface area (Å²) in [5.74, 6) is 0. The molecule has 0 radical (unpaired) electrons. The Morgan fingerprint density at radius 2 is 1.33 bits per heavy atom. The van der Waals surface area contributed by atoms with E-state index in [1.54, 1.807) is 0 Å². The maximum absolute atomic E-state index is 5.76. The minimum absolute atomic E-state index is 0.777. The summed E-state index contributed by atoms with van der Waals surface area (Å²) < 4.78 is 18.2. The van der Waals surface area contributed by atoms with Crippen LogP contribution >= 0.6 is 15.3 Å². The van der Waals surface area contributed by atoms with Gasteiger partial charge in [0, 0.05) is 0 Å². The van der Waals surface area contributed by atoms with E-state index in [-0.39, 0.29) is 0 Å². The van der Waals surface area contributed by atoms with E-state index in [1.165, 1.54) is 0 Å². The van der Waals surface area contributed by atoms with Crippen molar-refractivity contribution in [2.75, 3.05) is 39.5 Å². The van der Waals surface area contributed by atoms with Crippen molar-refractivity contribution in [2.45, 2.75) is 0 Å². The fraction of sp³-hybridized carbons (Fsp3) is 1.00. The molecule has 0 bridgehead atoms. The molecule has 0 aromatic rings. The Kier molecular flexibility index (Phi) is 1.29. The second-order valence-corrected chi connectivity index (χ2v) is 11.2. The number of nitrogens with zero attached hydrogens (tertiary/aromatic N) is 1. The zero-order valence-corrected chi connectivity index (χ0v) is 9.38. The number of rotatable bonds is 0. The molecule has 3 rings (SSSR count). The Labute approximate surface area is 79.4 Å². The Balaban J connectivity index is 2.17. The van der Waals surface area contributed by atoms with Gasteiger partial charge in [0.25, 0.3) is 0 Å².